The number of imidazole rings is 1. The van der Waals surface area contributed by atoms with Crippen molar-refractivity contribution in [2.24, 2.45) is 0 Å². The molecule has 2 aromatic rings. The largest absolute Gasteiger partial charge is 0.295 e. The molecule has 0 atom stereocenters. The van der Waals surface area contributed by atoms with Crippen LogP contribution in [0.25, 0.3) is 4.96 Å². The highest BCUT2D eigenvalue weighted by Crippen LogP contribution is 2.22. The van der Waals surface area contributed by atoms with Gasteiger partial charge in [0.15, 0.2) is 10.7 Å². The van der Waals surface area contributed by atoms with E-state index < -0.39 is 0 Å². The third-order valence-corrected chi connectivity index (χ3v) is 2.60. The van der Waals surface area contributed by atoms with E-state index in [4.69, 9.17) is 11.6 Å². The molecular formula is C7H5ClN2OS. The Balaban J connectivity index is 2.64. The first-order valence-corrected chi connectivity index (χ1v) is 4.51. The zero-order valence-electron chi connectivity index (χ0n) is 6.24. The van der Waals surface area contributed by atoms with E-state index >= 15 is 0 Å². The fourth-order valence-corrected chi connectivity index (χ4v) is 1.94. The van der Waals surface area contributed by atoms with E-state index in [1.165, 1.54) is 18.3 Å². The molecule has 0 unspecified atom stereocenters. The summed E-state index contributed by atoms with van der Waals surface area (Å²) in [5.74, 6) is -0.0259. The van der Waals surface area contributed by atoms with Crippen LogP contribution in [0.15, 0.2) is 12.4 Å². The maximum atomic E-state index is 10.9. The highest BCUT2D eigenvalue weighted by molar-refractivity contribution is 7.20. The van der Waals surface area contributed by atoms with Gasteiger partial charge in [0.05, 0.1) is 0 Å². The Morgan fingerprint density at radius 3 is 3.00 bits per heavy atom. The van der Waals surface area contributed by atoms with Gasteiger partial charge in [-0.05, 0) is 0 Å². The van der Waals surface area contributed by atoms with Gasteiger partial charge in [-0.25, -0.2) is 4.98 Å². The Hall–Kier alpha value is -0.870. The predicted molar refractivity (Wildman–Crippen MR) is 48.1 cm³/mol. The number of nitrogens with zero attached hydrogens (tertiary/aromatic N) is 2. The number of ketones is 1. The fraction of sp³-hybridized carbons (Fsp3) is 0.143. The first-order chi connectivity index (χ1) is 5.66. The van der Waals surface area contributed by atoms with Gasteiger partial charge in [-0.15, -0.1) is 0 Å². The van der Waals surface area contributed by atoms with Crippen molar-refractivity contribution >= 4 is 33.7 Å². The molecule has 0 aliphatic carbocycles. The van der Waals surface area contributed by atoms with E-state index in [0.717, 1.165) is 4.96 Å². The standard InChI is InChI=1S/C7H5ClN2OS/c1-4(11)5-2-10-3-6(8)12-7(10)9-5/h2-3H,1H3. The van der Waals surface area contributed by atoms with E-state index in [2.05, 4.69) is 4.98 Å². The Bertz CT molecular complexity index is 414. The van der Waals surface area contributed by atoms with E-state index in [1.807, 2.05) is 0 Å². The fourth-order valence-electron chi connectivity index (χ4n) is 0.937. The second kappa shape index (κ2) is 2.57. The van der Waals surface area contributed by atoms with Crippen LogP contribution < -0.4 is 0 Å². The Morgan fingerprint density at radius 2 is 2.42 bits per heavy atom. The predicted octanol–water partition coefficient (Wildman–Crippen LogP) is 2.25. The lowest BCUT2D eigenvalue weighted by atomic mass is 10.3. The summed E-state index contributed by atoms with van der Waals surface area (Å²) in [5.41, 5.74) is 0.484. The lowest BCUT2D eigenvalue weighted by molar-refractivity contribution is 0.101. The topological polar surface area (TPSA) is 34.4 Å². The summed E-state index contributed by atoms with van der Waals surface area (Å²) in [6.45, 7) is 1.49. The molecule has 2 rings (SSSR count). The van der Waals surface area contributed by atoms with Gasteiger partial charge in [-0.1, -0.05) is 22.9 Å². The molecule has 2 aromatic heterocycles. The van der Waals surface area contributed by atoms with Gasteiger partial charge in [0.1, 0.15) is 10.0 Å². The summed E-state index contributed by atoms with van der Waals surface area (Å²) in [7, 11) is 0. The van der Waals surface area contributed by atoms with Crippen LogP contribution >= 0.6 is 22.9 Å². The number of Topliss-reactive ketones (excluding diaryl/α,β-unsaturated/α-hetero) is 1. The average Bonchev–Trinajstić information content (AvgIpc) is 2.42. The van der Waals surface area contributed by atoms with Crippen LogP contribution in [-0.4, -0.2) is 15.2 Å². The molecule has 0 aromatic carbocycles. The molecular weight excluding hydrogens is 196 g/mol. The van der Waals surface area contributed by atoms with E-state index in [9.17, 15) is 4.79 Å². The van der Waals surface area contributed by atoms with Crippen LogP contribution in [0.2, 0.25) is 4.34 Å². The maximum absolute atomic E-state index is 10.9. The van der Waals surface area contributed by atoms with Gasteiger partial charge in [0, 0.05) is 19.3 Å². The molecule has 0 saturated carbocycles. The third-order valence-electron chi connectivity index (χ3n) is 1.49. The number of hydrogen-bond acceptors (Lipinski definition) is 3. The number of aromatic nitrogens is 2. The second-order valence-corrected chi connectivity index (χ2v) is 4.05. The lowest BCUT2D eigenvalue weighted by Gasteiger charge is -1.80. The minimum absolute atomic E-state index is 0.0259. The minimum atomic E-state index is -0.0259. The van der Waals surface area contributed by atoms with E-state index in [0.29, 0.717) is 10.0 Å². The van der Waals surface area contributed by atoms with Crippen molar-refractivity contribution < 1.29 is 4.79 Å². The van der Waals surface area contributed by atoms with Crippen molar-refractivity contribution in [3.63, 3.8) is 0 Å². The molecule has 0 amide bonds. The first kappa shape index (κ1) is 7.76. The number of carbonyl (C=O) groups excluding carboxylic acids is 1. The van der Waals surface area contributed by atoms with E-state index in [-0.39, 0.29) is 5.78 Å². The lowest BCUT2D eigenvalue weighted by Crippen LogP contribution is -1.90. The zero-order chi connectivity index (χ0) is 8.72. The molecule has 0 saturated heterocycles. The van der Waals surface area contributed by atoms with Gasteiger partial charge in [0.2, 0.25) is 0 Å². The van der Waals surface area contributed by atoms with Crippen LogP contribution in [-0.2, 0) is 0 Å². The van der Waals surface area contributed by atoms with Crippen molar-refractivity contribution in [3.05, 3.63) is 22.4 Å². The summed E-state index contributed by atoms with van der Waals surface area (Å²) in [6, 6.07) is 0. The van der Waals surface area contributed by atoms with Crippen molar-refractivity contribution in [2.45, 2.75) is 6.92 Å². The van der Waals surface area contributed by atoms with E-state index in [1.54, 1.807) is 16.8 Å². The molecule has 0 N–H and O–H groups in total. The normalized spacial score (nSPS) is 10.8. The molecule has 0 fully saturated rings. The number of hydrogen-bond donors (Lipinski definition) is 0. The van der Waals surface area contributed by atoms with Gasteiger partial charge >= 0.3 is 0 Å². The summed E-state index contributed by atoms with van der Waals surface area (Å²) in [5, 5.41) is 0. The minimum Gasteiger partial charge on any atom is -0.295 e. The second-order valence-electron chi connectivity index (χ2n) is 2.41. The van der Waals surface area contributed by atoms with Crippen molar-refractivity contribution in [1.82, 2.24) is 9.38 Å². The highest BCUT2D eigenvalue weighted by Gasteiger charge is 2.07. The summed E-state index contributed by atoms with van der Waals surface area (Å²) in [6.07, 6.45) is 3.42. The van der Waals surface area contributed by atoms with Crippen LogP contribution in [0.3, 0.4) is 0 Å². The van der Waals surface area contributed by atoms with Gasteiger partial charge < -0.3 is 0 Å². The molecule has 0 aliphatic heterocycles. The molecule has 2 heterocycles. The molecule has 0 aliphatic rings. The number of rotatable bonds is 1. The van der Waals surface area contributed by atoms with Crippen LogP contribution in [0.1, 0.15) is 17.4 Å². The quantitative estimate of drug-likeness (QED) is 0.662. The smallest absolute Gasteiger partial charge is 0.195 e. The van der Waals surface area contributed by atoms with Gasteiger partial charge in [-0.2, -0.15) is 0 Å². The summed E-state index contributed by atoms with van der Waals surface area (Å²) >= 11 is 7.08. The maximum Gasteiger partial charge on any atom is 0.195 e. The number of fused-ring (bicyclic) bond motifs is 1. The van der Waals surface area contributed by atoms with Crippen LogP contribution in [0, 0.1) is 0 Å². The van der Waals surface area contributed by atoms with Crippen LogP contribution in [0.4, 0.5) is 0 Å². The number of halogens is 1. The van der Waals surface area contributed by atoms with Gasteiger partial charge in [-0.3, -0.25) is 9.20 Å². The molecule has 3 nitrogen and oxygen atoms in total. The average molecular weight is 201 g/mol. The summed E-state index contributed by atoms with van der Waals surface area (Å²) in [4.78, 5) is 15.7. The Labute approximate surface area is 77.6 Å². The number of thiazole rings is 1. The summed E-state index contributed by atoms with van der Waals surface area (Å²) < 4.78 is 2.43. The first-order valence-electron chi connectivity index (χ1n) is 3.32. The highest BCUT2D eigenvalue weighted by atomic mass is 35.5. The molecule has 62 valence electrons. The third kappa shape index (κ3) is 1.13. The SMILES string of the molecule is CC(=O)c1cn2cc(Cl)sc2n1. The molecule has 12 heavy (non-hydrogen) atoms. The van der Waals surface area contributed by atoms with Crippen LogP contribution in [0.5, 0.6) is 0 Å². The molecule has 0 spiro atoms. The van der Waals surface area contributed by atoms with Crippen molar-refractivity contribution in [2.75, 3.05) is 0 Å². The monoisotopic (exact) mass is 200 g/mol. The van der Waals surface area contributed by atoms with Crippen molar-refractivity contribution in [3.8, 4) is 0 Å². The Morgan fingerprint density at radius 1 is 1.67 bits per heavy atom. The van der Waals surface area contributed by atoms with Gasteiger partial charge in [0.25, 0.3) is 0 Å². The Kier molecular flexibility index (Phi) is 1.66. The zero-order valence-corrected chi connectivity index (χ0v) is 7.82. The number of carbonyl (C=O) groups is 1. The van der Waals surface area contributed by atoms with Crippen molar-refractivity contribution in [1.29, 1.82) is 0 Å². The molecule has 0 bridgehead atoms. The molecule has 5 heteroatoms. The molecule has 0 radical (unpaired) electrons.